The number of benzene rings is 1. The van der Waals surface area contributed by atoms with Crippen LogP contribution in [0.15, 0.2) is 42.5 Å². The van der Waals surface area contributed by atoms with Gasteiger partial charge in [-0.25, -0.2) is 0 Å². The number of amides is 1. The second kappa shape index (κ2) is 8.76. The fourth-order valence-corrected chi connectivity index (χ4v) is 2.24. The normalized spacial score (nSPS) is 17.3. The van der Waals surface area contributed by atoms with E-state index in [0.29, 0.717) is 18.9 Å². The lowest BCUT2D eigenvalue weighted by molar-refractivity contribution is -0.117. The standard InChI is InChI=1S/C18H20N2O3/c1-2-9-22-16-7-5-14(6-8-16)11-15(12-19)18(21)20-13-17-4-3-10-23-17/h2,5-8,11,17H,1,3-4,9-10,13H2,(H,20,21). The lowest BCUT2D eigenvalue weighted by atomic mass is 10.1. The van der Waals surface area contributed by atoms with E-state index in [9.17, 15) is 10.1 Å². The number of rotatable bonds is 7. The van der Waals surface area contributed by atoms with E-state index in [4.69, 9.17) is 9.47 Å². The minimum absolute atomic E-state index is 0.0557. The summed E-state index contributed by atoms with van der Waals surface area (Å²) in [7, 11) is 0. The highest BCUT2D eigenvalue weighted by Crippen LogP contribution is 2.15. The number of hydrogen-bond acceptors (Lipinski definition) is 4. The first-order chi connectivity index (χ1) is 11.2. The van der Waals surface area contributed by atoms with E-state index in [-0.39, 0.29) is 17.6 Å². The van der Waals surface area contributed by atoms with Gasteiger partial charge in [0.15, 0.2) is 0 Å². The maximum Gasteiger partial charge on any atom is 0.262 e. The Morgan fingerprint density at radius 2 is 2.26 bits per heavy atom. The molecule has 23 heavy (non-hydrogen) atoms. The molecule has 1 aromatic carbocycles. The summed E-state index contributed by atoms with van der Waals surface area (Å²) in [6.45, 7) is 5.19. The zero-order chi connectivity index (χ0) is 16.5. The van der Waals surface area contributed by atoms with Gasteiger partial charge in [0.25, 0.3) is 5.91 Å². The number of nitriles is 1. The van der Waals surface area contributed by atoms with Crippen molar-refractivity contribution in [3.05, 3.63) is 48.1 Å². The van der Waals surface area contributed by atoms with Crippen molar-refractivity contribution in [2.75, 3.05) is 19.8 Å². The SMILES string of the molecule is C=CCOc1ccc(C=C(C#N)C(=O)NCC2CCCO2)cc1. The van der Waals surface area contributed by atoms with Crippen molar-refractivity contribution in [3.8, 4) is 11.8 Å². The summed E-state index contributed by atoms with van der Waals surface area (Å²) >= 11 is 0. The molecule has 0 aliphatic carbocycles. The topological polar surface area (TPSA) is 71.3 Å². The first kappa shape index (κ1) is 16.8. The second-order valence-corrected chi connectivity index (χ2v) is 5.18. The number of carbonyl (C=O) groups is 1. The molecule has 1 N–H and O–H groups in total. The monoisotopic (exact) mass is 312 g/mol. The van der Waals surface area contributed by atoms with Gasteiger partial charge in [-0.05, 0) is 36.6 Å². The van der Waals surface area contributed by atoms with Crippen molar-refractivity contribution >= 4 is 12.0 Å². The van der Waals surface area contributed by atoms with Crippen LogP contribution in [-0.4, -0.2) is 31.8 Å². The number of nitrogens with zero attached hydrogens (tertiary/aromatic N) is 1. The second-order valence-electron chi connectivity index (χ2n) is 5.18. The van der Waals surface area contributed by atoms with Gasteiger partial charge in [0.1, 0.15) is 24.0 Å². The van der Waals surface area contributed by atoms with Crippen LogP contribution in [0.1, 0.15) is 18.4 Å². The highest BCUT2D eigenvalue weighted by Gasteiger charge is 2.17. The maximum atomic E-state index is 12.1. The van der Waals surface area contributed by atoms with Crippen LogP contribution in [0.25, 0.3) is 6.08 Å². The Morgan fingerprint density at radius 1 is 1.48 bits per heavy atom. The predicted molar refractivity (Wildman–Crippen MR) is 87.7 cm³/mol. The van der Waals surface area contributed by atoms with Crippen molar-refractivity contribution in [2.24, 2.45) is 0 Å². The van der Waals surface area contributed by atoms with Gasteiger partial charge in [-0.1, -0.05) is 24.8 Å². The summed E-state index contributed by atoms with van der Waals surface area (Å²) < 4.78 is 10.8. The predicted octanol–water partition coefficient (Wildman–Crippen LogP) is 2.45. The van der Waals surface area contributed by atoms with Gasteiger partial charge in [0.05, 0.1) is 6.10 Å². The Labute approximate surface area is 136 Å². The minimum atomic E-state index is -0.380. The molecule has 1 amide bonds. The van der Waals surface area contributed by atoms with E-state index >= 15 is 0 Å². The van der Waals surface area contributed by atoms with E-state index in [1.807, 2.05) is 6.07 Å². The van der Waals surface area contributed by atoms with E-state index in [1.165, 1.54) is 0 Å². The number of carbonyl (C=O) groups excluding carboxylic acids is 1. The quantitative estimate of drug-likeness (QED) is 0.477. The molecule has 120 valence electrons. The Morgan fingerprint density at radius 3 is 2.87 bits per heavy atom. The minimum Gasteiger partial charge on any atom is -0.490 e. The molecule has 1 unspecified atom stereocenters. The van der Waals surface area contributed by atoms with Crippen LogP contribution in [0.2, 0.25) is 0 Å². The van der Waals surface area contributed by atoms with Crippen LogP contribution < -0.4 is 10.1 Å². The van der Waals surface area contributed by atoms with Crippen LogP contribution in [0, 0.1) is 11.3 Å². The fourth-order valence-electron chi connectivity index (χ4n) is 2.24. The smallest absolute Gasteiger partial charge is 0.262 e. The van der Waals surface area contributed by atoms with Crippen molar-refractivity contribution in [3.63, 3.8) is 0 Å². The zero-order valence-corrected chi connectivity index (χ0v) is 13.0. The molecule has 0 bridgehead atoms. The van der Waals surface area contributed by atoms with Crippen molar-refractivity contribution in [1.29, 1.82) is 5.26 Å². The summed E-state index contributed by atoms with van der Waals surface area (Å²) in [5, 5.41) is 11.9. The number of nitrogens with one attached hydrogen (secondary N) is 1. The van der Waals surface area contributed by atoms with E-state index < -0.39 is 0 Å². The zero-order valence-electron chi connectivity index (χ0n) is 13.0. The van der Waals surface area contributed by atoms with Crippen LogP contribution in [0.5, 0.6) is 5.75 Å². The van der Waals surface area contributed by atoms with Gasteiger partial charge < -0.3 is 14.8 Å². The Bertz CT molecular complexity index is 608. The van der Waals surface area contributed by atoms with Crippen molar-refractivity contribution in [2.45, 2.75) is 18.9 Å². The summed E-state index contributed by atoms with van der Waals surface area (Å²) in [6, 6.07) is 9.10. The van der Waals surface area contributed by atoms with Gasteiger partial charge in [-0.2, -0.15) is 5.26 Å². The van der Waals surface area contributed by atoms with Gasteiger partial charge in [-0.15, -0.1) is 0 Å². The van der Waals surface area contributed by atoms with E-state index in [2.05, 4.69) is 11.9 Å². The van der Waals surface area contributed by atoms with Gasteiger partial charge in [-0.3, -0.25) is 4.79 Å². The molecule has 1 aliphatic heterocycles. The maximum absolute atomic E-state index is 12.1. The average molecular weight is 312 g/mol. The fraction of sp³-hybridized carbons (Fsp3) is 0.333. The van der Waals surface area contributed by atoms with Crippen LogP contribution in [-0.2, 0) is 9.53 Å². The van der Waals surface area contributed by atoms with Gasteiger partial charge >= 0.3 is 0 Å². The van der Waals surface area contributed by atoms with Crippen LogP contribution in [0.4, 0.5) is 0 Å². The van der Waals surface area contributed by atoms with Crippen LogP contribution in [0.3, 0.4) is 0 Å². The third-order valence-corrected chi connectivity index (χ3v) is 3.44. The Balaban J connectivity index is 1.95. The molecule has 1 atom stereocenters. The average Bonchev–Trinajstić information content (AvgIpc) is 3.10. The molecule has 0 saturated carbocycles. The lowest BCUT2D eigenvalue weighted by Crippen LogP contribution is -2.32. The van der Waals surface area contributed by atoms with Crippen molar-refractivity contribution in [1.82, 2.24) is 5.32 Å². The molecule has 5 heteroatoms. The molecule has 1 fully saturated rings. The highest BCUT2D eigenvalue weighted by molar-refractivity contribution is 6.01. The Kier molecular flexibility index (Phi) is 6.40. The first-order valence-electron chi connectivity index (χ1n) is 7.58. The molecule has 0 radical (unpaired) electrons. The molecule has 2 rings (SSSR count). The molecular weight excluding hydrogens is 292 g/mol. The molecule has 0 spiro atoms. The molecule has 1 saturated heterocycles. The third kappa shape index (κ3) is 5.28. The lowest BCUT2D eigenvalue weighted by Gasteiger charge is -2.10. The molecule has 1 heterocycles. The number of hydrogen-bond donors (Lipinski definition) is 1. The van der Waals surface area contributed by atoms with E-state index in [0.717, 1.165) is 25.0 Å². The van der Waals surface area contributed by atoms with Gasteiger partial charge in [0.2, 0.25) is 0 Å². The van der Waals surface area contributed by atoms with Crippen LogP contribution >= 0.6 is 0 Å². The molecular formula is C18H20N2O3. The van der Waals surface area contributed by atoms with E-state index in [1.54, 1.807) is 36.4 Å². The molecule has 1 aliphatic rings. The van der Waals surface area contributed by atoms with Crippen molar-refractivity contribution < 1.29 is 14.3 Å². The summed E-state index contributed by atoms with van der Waals surface area (Å²) in [5.41, 5.74) is 0.836. The summed E-state index contributed by atoms with van der Waals surface area (Å²) in [4.78, 5) is 12.1. The Hall–Kier alpha value is -2.58. The summed E-state index contributed by atoms with van der Waals surface area (Å²) in [5.74, 6) is 0.332. The molecule has 5 nitrogen and oxygen atoms in total. The number of ether oxygens (including phenoxy) is 2. The molecule has 1 aromatic rings. The van der Waals surface area contributed by atoms with Gasteiger partial charge in [0, 0.05) is 13.2 Å². The largest absolute Gasteiger partial charge is 0.490 e. The highest BCUT2D eigenvalue weighted by atomic mass is 16.5. The molecule has 0 aromatic heterocycles. The third-order valence-electron chi connectivity index (χ3n) is 3.44. The first-order valence-corrected chi connectivity index (χ1v) is 7.58. The summed E-state index contributed by atoms with van der Waals surface area (Å²) in [6.07, 6.45) is 5.24.